The number of benzene rings is 2. The predicted molar refractivity (Wildman–Crippen MR) is 138 cm³/mol. The van der Waals surface area contributed by atoms with Crippen LogP contribution >= 0.6 is 0 Å². The minimum Gasteiger partial charge on any atom is -0.353 e. The highest BCUT2D eigenvalue weighted by molar-refractivity contribution is 6.10. The van der Waals surface area contributed by atoms with Crippen molar-refractivity contribution in [1.29, 1.82) is 0 Å². The van der Waals surface area contributed by atoms with Crippen molar-refractivity contribution in [3.05, 3.63) is 59.7 Å². The van der Waals surface area contributed by atoms with Crippen molar-refractivity contribution in [3.8, 4) is 0 Å². The van der Waals surface area contributed by atoms with Crippen LogP contribution in [0, 0.1) is 12.8 Å². The lowest BCUT2D eigenvalue weighted by Gasteiger charge is -2.33. The number of hydrogen-bond acceptors (Lipinski definition) is 4. The molecule has 0 unspecified atom stereocenters. The van der Waals surface area contributed by atoms with Crippen molar-refractivity contribution in [2.45, 2.75) is 57.9 Å². The third-order valence-corrected chi connectivity index (χ3v) is 7.00. The van der Waals surface area contributed by atoms with Crippen molar-refractivity contribution in [1.82, 2.24) is 10.2 Å². The number of amides is 3. The van der Waals surface area contributed by atoms with Crippen LogP contribution in [0.15, 0.2) is 48.5 Å². The SMILES string of the molecule is Cc1cccc(NC(=O)c2ccccc2NC(=O)CN2CCC(NC(=O)C3CCCCC3)CC2)c1. The summed E-state index contributed by atoms with van der Waals surface area (Å²) in [5.41, 5.74) is 2.69. The number of para-hydroxylation sites is 1. The van der Waals surface area contributed by atoms with Gasteiger partial charge in [0.1, 0.15) is 0 Å². The number of carbonyl (C=O) groups excluding carboxylic acids is 3. The summed E-state index contributed by atoms with van der Waals surface area (Å²) in [6, 6.07) is 14.8. The smallest absolute Gasteiger partial charge is 0.257 e. The second-order valence-electron chi connectivity index (χ2n) is 9.81. The van der Waals surface area contributed by atoms with E-state index in [1.54, 1.807) is 24.3 Å². The van der Waals surface area contributed by atoms with Crippen LogP contribution in [0.4, 0.5) is 11.4 Å². The summed E-state index contributed by atoms with van der Waals surface area (Å²) in [7, 11) is 0. The van der Waals surface area contributed by atoms with Crippen molar-refractivity contribution in [2.24, 2.45) is 5.92 Å². The number of anilines is 2. The summed E-state index contributed by atoms with van der Waals surface area (Å²) in [6.07, 6.45) is 7.27. The number of piperidine rings is 1. The largest absolute Gasteiger partial charge is 0.353 e. The molecule has 1 saturated heterocycles. The fourth-order valence-electron chi connectivity index (χ4n) is 5.02. The molecule has 0 atom stereocenters. The minimum atomic E-state index is -0.263. The predicted octanol–water partition coefficient (Wildman–Crippen LogP) is 4.35. The Balaban J connectivity index is 1.25. The van der Waals surface area contributed by atoms with Crippen LogP contribution in [0.5, 0.6) is 0 Å². The van der Waals surface area contributed by atoms with Crippen LogP contribution < -0.4 is 16.0 Å². The lowest BCUT2D eigenvalue weighted by atomic mass is 9.88. The molecule has 0 radical (unpaired) electrons. The summed E-state index contributed by atoms with van der Waals surface area (Å²) < 4.78 is 0. The summed E-state index contributed by atoms with van der Waals surface area (Å²) in [5, 5.41) is 9.05. The van der Waals surface area contributed by atoms with E-state index in [0.29, 0.717) is 11.3 Å². The van der Waals surface area contributed by atoms with Gasteiger partial charge < -0.3 is 16.0 Å². The maximum Gasteiger partial charge on any atom is 0.257 e. The lowest BCUT2D eigenvalue weighted by Crippen LogP contribution is -2.48. The molecule has 4 rings (SSSR count). The normalized spacial score (nSPS) is 17.5. The average molecular weight is 477 g/mol. The second kappa shape index (κ2) is 12.0. The van der Waals surface area contributed by atoms with Crippen molar-refractivity contribution < 1.29 is 14.4 Å². The van der Waals surface area contributed by atoms with Gasteiger partial charge in [-0.05, 0) is 62.4 Å². The molecule has 2 fully saturated rings. The summed E-state index contributed by atoms with van der Waals surface area (Å²) in [4.78, 5) is 40.3. The Morgan fingerprint density at radius 2 is 1.63 bits per heavy atom. The highest BCUT2D eigenvalue weighted by Gasteiger charge is 2.26. The summed E-state index contributed by atoms with van der Waals surface area (Å²) in [5.74, 6) is -0.0244. The topological polar surface area (TPSA) is 90.5 Å². The Morgan fingerprint density at radius 1 is 0.886 bits per heavy atom. The van der Waals surface area contributed by atoms with Crippen molar-refractivity contribution >= 4 is 29.1 Å². The molecule has 2 aromatic rings. The Kier molecular flexibility index (Phi) is 8.53. The molecule has 7 heteroatoms. The van der Waals surface area contributed by atoms with E-state index in [-0.39, 0.29) is 36.2 Å². The third kappa shape index (κ3) is 7.15. The van der Waals surface area contributed by atoms with Crippen molar-refractivity contribution in [2.75, 3.05) is 30.3 Å². The molecule has 1 aliphatic carbocycles. The van der Waals surface area contributed by atoms with E-state index in [1.165, 1.54) is 6.42 Å². The van der Waals surface area contributed by atoms with Crippen LogP contribution in [-0.4, -0.2) is 48.3 Å². The van der Waals surface area contributed by atoms with E-state index in [1.807, 2.05) is 31.2 Å². The highest BCUT2D eigenvalue weighted by Crippen LogP contribution is 2.24. The van der Waals surface area contributed by atoms with E-state index in [4.69, 9.17) is 0 Å². The first-order valence-corrected chi connectivity index (χ1v) is 12.8. The van der Waals surface area contributed by atoms with Crippen LogP contribution in [0.25, 0.3) is 0 Å². The Morgan fingerprint density at radius 3 is 2.37 bits per heavy atom. The molecule has 1 saturated carbocycles. The molecule has 1 aliphatic heterocycles. The molecular weight excluding hydrogens is 440 g/mol. The van der Waals surface area contributed by atoms with Gasteiger partial charge in [0.2, 0.25) is 11.8 Å². The van der Waals surface area contributed by atoms with Gasteiger partial charge in [0.15, 0.2) is 0 Å². The van der Waals surface area contributed by atoms with Gasteiger partial charge >= 0.3 is 0 Å². The molecule has 2 aromatic carbocycles. The highest BCUT2D eigenvalue weighted by atomic mass is 16.2. The molecule has 2 aliphatic rings. The van der Waals surface area contributed by atoms with Gasteiger partial charge in [-0.1, -0.05) is 43.5 Å². The zero-order valence-corrected chi connectivity index (χ0v) is 20.5. The van der Waals surface area contributed by atoms with Gasteiger partial charge in [-0.15, -0.1) is 0 Å². The lowest BCUT2D eigenvalue weighted by molar-refractivity contribution is -0.127. The van der Waals surface area contributed by atoms with E-state index in [2.05, 4.69) is 20.9 Å². The number of hydrogen-bond donors (Lipinski definition) is 3. The van der Waals surface area contributed by atoms with E-state index in [0.717, 1.165) is 62.9 Å². The quantitative estimate of drug-likeness (QED) is 0.554. The molecule has 3 N–H and O–H groups in total. The maximum atomic E-state index is 12.8. The zero-order chi connectivity index (χ0) is 24.6. The number of nitrogens with one attached hydrogen (secondary N) is 3. The van der Waals surface area contributed by atoms with Gasteiger partial charge in [0.25, 0.3) is 5.91 Å². The fraction of sp³-hybridized carbons (Fsp3) is 0.464. The van der Waals surface area contributed by atoms with Crippen molar-refractivity contribution in [3.63, 3.8) is 0 Å². The Labute approximate surface area is 207 Å². The van der Waals surface area contributed by atoms with Crippen LogP contribution in [0.1, 0.15) is 60.9 Å². The monoisotopic (exact) mass is 476 g/mol. The van der Waals surface area contributed by atoms with Gasteiger partial charge in [-0.3, -0.25) is 19.3 Å². The Hall–Kier alpha value is -3.19. The average Bonchev–Trinajstić information content (AvgIpc) is 2.86. The van der Waals surface area contributed by atoms with E-state index >= 15 is 0 Å². The molecule has 1 heterocycles. The summed E-state index contributed by atoms with van der Waals surface area (Å²) >= 11 is 0. The number of likely N-dealkylation sites (tertiary alicyclic amines) is 1. The molecule has 7 nitrogen and oxygen atoms in total. The maximum absolute atomic E-state index is 12.8. The minimum absolute atomic E-state index is 0.148. The second-order valence-corrected chi connectivity index (χ2v) is 9.81. The number of carbonyl (C=O) groups is 3. The van der Waals surface area contributed by atoms with E-state index in [9.17, 15) is 14.4 Å². The third-order valence-electron chi connectivity index (χ3n) is 7.00. The molecule has 0 bridgehead atoms. The number of nitrogens with zero attached hydrogens (tertiary/aromatic N) is 1. The zero-order valence-electron chi connectivity index (χ0n) is 20.5. The molecule has 0 spiro atoms. The standard InChI is InChI=1S/C28H36N4O3/c1-20-8-7-11-23(18-20)30-28(35)24-12-5-6-13-25(24)31-26(33)19-32-16-14-22(15-17-32)29-27(34)21-9-3-2-4-10-21/h5-8,11-13,18,21-22H,2-4,9-10,14-17,19H2,1H3,(H,29,34)(H,30,35)(H,31,33). The molecule has 3 amide bonds. The number of aryl methyl sites for hydroxylation is 1. The molecule has 0 aromatic heterocycles. The first-order valence-electron chi connectivity index (χ1n) is 12.8. The van der Waals surface area contributed by atoms with Gasteiger partial charge in [0.05, 0.1) is 17.8 Å². The van der Waals surface area contributed by atoms with Crippen LogP contribution in [0.2, 0.25) is 0 Å². The number of rotatable bonds is 7. The molecule has 186 valence electrons. The van der Waals surface area contributed by atoms with Crippen LogP contribution in [-0.2, 0) is 9.59 Å². The first kappa shape index (κ1) is 24.9. The van der Waals surface area contributed by atoms with Gasteiger partial charge in [0, 0.05) is 30.7 Å². The Bertz CT molecular complexity index is 1040. The molecule has 35 heavy (non-hydrogen) atoms. The fourth-order valence-corrected chi connectivity index (χ4v) is 5.02. The van der Waals surface area contributed by atoms with E-state index < -0.39 is 0 Å². The van der Waals surface area contributed by atoms with Gasteiger partial charge in [-0.25, -0.2) is 0 Å². The first-order chi connectivity index (χ1) is 17.0. The molecular formula is C28H36N4O3. The van der Waals surface area contributed by atoms with Crippen LogP contribution in [0.3, 0.4) is 0 Å². The van der Waals surface area contributed by atoms with Gasteiger partial charge in [-0.2, -0.15) is 0 Å². The summed E-state index contributed by atoms with van der Waals surface area (Å²) in [6.45, 7) is 3.76.